The number of carbonyl (C=O) groups excluding carboxylic acids is 2. The molecule has 0 aliphatic heterocycles. The van der Waals surface area contributed by atoms with Gasteiger partial charge in [-0.2, -0.15) is 0 Å². The second-order valence-corrected chi connectivity index (χ2v) is 4.77. The number of halogens is 1. The molecule has 0 saturated heterocycles. The molecule has 0 spiro atoms. The normalized spacial score (nSPS) is 9.95. The predicted octanol–water partition coefficient (Wildman–Crippen LogP) is 2.81. The Morgan fingerprint density at radius 2 is 1.55 bits per heavy atom. The van der Waals surface area contributed by atoms with Crippen LogP contribution in [0.4, 0.5) is 0 Å². The maximum absolute atomic E-state index is 11.6. The lowest BCUT2D eigenvalue weighted by atomic mass is 10.1. The van der Waals surface area contributed by atoms with Gasteiger partial charge in [-0.1, -0.05) is 15.9 Å². The fraction of sp³-hybridized carbons (Fsp3) is 0.429. The molecule has 0 N–H and O–H groups in total. The van der Waals surface area contributed by atoms with Gasteiger partial charge in [-0.25, -0.2) is 9.59 Å². The van der Waals surface area contributed by atoms with Gasteiger partial charge in [0, 0.05) is 5.33 Å². The molecule has 0 bridgehead atoms. The van der Waals surface area contributed by atoms with Gasteiger partial charge in [0.2, 0.25) is 0 Å². The van der Waals surface area contributed by atoms with E-state index in [4.69, 9.17) is 4.74 Å². The molecule has 110 valence electrons. The highest BCUT2D eigenvalue weighted by Gasteiger charge is 2.14. The van der Waals surface area contributed by atoms with E-state index >= 15 is 0 Å². The number of methoxy groups -OCH3 is 2. The Labute approximate surface area is 126 Å². The molecular formula is C14H17BrO5. The smallest absolute Gasteiger partial charge is 0.338 e. The van der Waals surface area contributed by atoms with Crippen molar-refractivity contribution in [3.8, 4) is 5.75 Å². The van der Waals surface area contributed by atoms with Crippen molar-refractivity contribution in [2.75, 3.05) is 26.2 Å². The lowest BCUT2D eigenvalue weighted by molar-refractivity contribution is 0.0598. The molecule has 0 heterocycles. The van der Waals surface area contributed by atoms with Crippen LogP contribution in [0.5, 0.6) is 5.75 Å². The van der Waals surface area contributed by atoms with E-state index in [1.807, 2.05) is 0 Å². The maximum atomic E-state index is 11.6. The van der Waals surface area contributed by atoms with E-state index in [1.165, 1.54) is 20.3 Å². The monoisotopic (exact) mass is 344 g/mol. The molecule has 5 nitrogen and oxygen atoms in total. The number of rotatable bonds is 7. The molecule has 0 radical (unpaired) electrons. The molecule has 0 amide bonds. The van der Waals surface area contributed by atoms with E-state index in [9.17, 15) is 9.59 Å². The molecule has 1 aromatic rings. The summed E-state index contributed by atoms with van der Waals surface area (Å²) in [5, 5.41) is 0.909. The van der Waals surface area contributed by atoms with E-state index in [-0.39, 0.29) is 11.1 Å². The number of ether oxygens (including phenoxy) is 3. The largest absolute Gasteiger partial charge is 0.494 e. The second kappa shape index (κ2) is 8.58. The van der Waals surface area contributed by atoms with Gasteiger partial charge >= 0.3 is 11.9 Å². The minimum Gasteiger partial charge on any atom is -0.494 e. The fourth-order valence-corrected chi connectivity index (χ4v) is 1.94. The van der Waals surface area contributed by atoms with Gasteiger partial charge in [0.05, 0.1) is 32.0 Å². The van der Waals surface area contributed by atoms with Crippen molar-refractivity contribution in [1.29, 1.82) is 0 Å². The van der Waals surface area contributed by atoms with Gasteiger partial charge in [-0.3, -0.25) is 0 Å². The number of hydrogen-bond donors (Lipinski definition) is 0. The Morgan fingerprint density at radius 1 is 1.00 bits per heavy atom. The second-order valence-electron chi connectivity index (χ2n) is 3.97. The maximum Gasteiger partial charge on any atom is 0.338 e. The van der Waals surface area contributed by atoms with E-state index in [1.54, 1.807) is 12.1 Å². The first-order chi connectivity index (χ1) is 9.62. The number of unbranched alkanes of at least 4 members (excludes halogenated alkanes) is 1. The van der Waals surface area contributed by atoms with Gasteiger partial charge in [0.25, 0.3) is 0 Å². The molecule has 20 heavy (non-hydrogen) atoms. The third-order valence-corrected chi connectivity index (χ3v) is 3.11. The van der Waals surface area contributed by atoms with Crippen molar-refractivity contribution in [2.24, 2.45) is 0 Å². The van der Waals surface area contributed by atoms with Crippen molar-refractivity contribution in [3.05, 3.63) is 29.3 Å². The quantitative estimate of drug-likeness (QED) is 0.432. The number of carbonyl (C=O) groups is 2. The van der Waals surface area contributed by atoms with Gasteiger partial charge in [0.15, 0.2) is 0 Å². The van der Waals surface area contributed by atoms with Crippen molar-refractivity contribution in [3.63, 3.8) is 0 Å². The minimum absolute atomic E-state index is 0.255. The molecule has 6 heteroatoms. The number of alkyl halides is 1. The third kappa shape index (κ3) is 4.85. The van der Waals surface area contributed by atoms with E-state index < -0.39 is 11.9 Å². The summed E-state index contributed by atoms with van der Waals surface area (Å²) in [5.74, 6) is -0.606. The molecule has 0 aliphatic rings. The number of benzene rings is 1. The van der Waals surface area contributed by atoms with Crippen LogP contribution in [0.3, 0.4) is 0 Å². The molecule has 0 saturated carbocycles. The van der Waals surface area contributed by atoms with Crippen molar-refractivity contribution in [2.45, 2.75) is 12.8 Å². The molecule has 0 aliphatic carbocycles. The van der Waals surface area contributed by atoms with Crippen LogP contribution >= 0.6 is 15.9 Å². The Kier molecular flexibility index (Phi) is 7.08. The molecule has 0 aromatic heterocycles. The van der Waals surface area contributed by atoms with E-state index in [2.05, 4.69) is 25.4 Å². The van der Waals surface area contributed by atoms with E-state index in [0.29, 0.717) is 12.4 Å². The van der Waals surface area contributed by atoms with Crippen LogP contribution in [0.2, 0.25) is 0 Å². The van der Waals surface area contributed by atoms with Crippen LogP contribution in [-0.4, -0.2) is 38.1 Å². The Bertz CT molecular complexity index is 438. The first kappa shape index (κ1) is 16.5. The average molecular weight is 345 g/mol. The van der Waals surface area contributed by atoms with Crippen molar-refractivity contribution in [1.82, 2.24) is 0 Å². The summed E-state index contributed by atoms with van der Waals surface area (Å²) in [6.07, 6.45) is 1.86. The summed E-state index contributed by atoms with van der Waals surface area (Å²) in [7, 11) is 2.56. The first-order valence-electron chi connectivity index (χ1n) is 6.13. The third-order valence-electron chi connectivity index (χ3n) is 2.55. The molecule has 0 unspecified atom stereocenters. The Balaban J connectivity index is 2.91. The Hall–Kier alpha value is -1.56. The van der Waals surface area contributed by atoms with Crippen molar-refractivity contribution < 1.29 is 23.8 Å². The highest BCUT2D eigenvalue weighted by Crippen LogP contribution is 2.19. The number of esters is 2. The highest BCUT2D eigenvalue weighted by atomic mass is 79.9. The predicted molar refractivity (Wildman–Crippen MR) is 77.6 cm³/mol. The summed E-state index contributed by atoms with van der Waals surface area (Å²) >= 11 is 3.34. The average Bonchev–Trinajstić information content (AvgIpc) is 2.49. The summed E-state index contributed by atoms with van der Waals surface area (Å²) in [6.45, 7) is 0.511. The van der Waals surface area contributed by atoms with Crippen LogP contribution in [0, 0.1) is 0 Å². The van der Waals surface area contributed by atoms with Gasteiger partial charge in [0.1, 0.15) is 5.75 Å². The summed E-state index contributed by atoms with van der Waals surface area (Å²) in [6, 6.07) is 4.52. The summed E-state index contributed by atoms with van der Waals surface area (Å²) in [5.41, 5.74) is 0.511. The van der Waals surface area contributed by atoms with Crippen LogP contribution < -0.4 is 4.74 Å². The zero-order valence-corrected chi connectivity index (χ0v) is 13.1. The summed E-state index contributed by atoms with van der Waals surface area (Å²) < 4.78 is 14.8. The molecular weight excluding hydrogens is 328 g/mol. The number of hydrogen-bond acceptors (Lipinski definition) is 5. The standard InChI is InChI=1S/C14H17BrO5/c1-18-13(16)10-7-11(14(17)19-2)9-12(8-10)20-6-4-3-5-15/h7-9H,3-6H2,1-2H3. The molecule has 1 rings (SSSR count). The zero-order valence-electron chi connectivity index (χ0n) is 11.5. The van der Waals surface area contributed by atoms with Crippen LogP contribution in [0.25, 0.3) is 0 Å². The zero-order chi connectivity index (χ0) is 15.0. The van der Waals surface area contributed by atoms with Crippen LogP contribution in [0.15, 0.2) is 18.2 Å². The van der Waals surface area contributed by atoms with Crippen LogP contribution in [-0.2, 0) is 9.47 Å². The first-order valence-corrected chi connectivity index (χ1v) is 7.25. The minimum atomic E-state index is -0.527. The topological polar surface area (TPSA) is 61.8 Å². The van der Waals surface area contributed by atoms with E-state index in [0.717, 1.165) is 18.2 Å². The molecule has 0 atom stereocenters. The highest BCUT2D eigenvalue weighted by molar-refractivity contribution is 9.09. The van der Waals surface area contributed by atoms with Gasteiger partial charge < -0.3 is 14.2 Å². The van der Waals surface area contributed by atoms with Gasteiger partial charge in [-0.15, -0.1) is 0 Å². The summed E-state index contributed by atoms with van der Waals surface area (Å²) in [4.78, 5) is 23.1. The fourth-order valence-electron chi connectivity index (χ4n) is 1.54. The Morgan fingerprint density at radius 3 is 2.00 bits per heavy atom. The SMILES string of the molecule is COC(=O)c1cc(OCCCCBr)cc(C(=O)OC)c1. The van der Waals surface area contributed by atoms with Gasteiger partial charge in [-0.05, 0) is 31.0 Å². The van der Waals surface area contributed by atoms with Crippen LogP contribution in [0.1, 0.15) is 33.6 Å². The lowest BCUT2D eigenvalue weighted by Crippen LogP contribution is -2.08. The van der Waals surface area contributed by atoms with Crippen molar-refractivity contribution >= 4 is 27.9 Å². The molecule has 0 fully saturated rings. The molecule has 1 aromatic carbocycles. The lowest BCUT2D eigenvalue weighted by Gasteiger charge is -2.09.